The lowest BCUT2D eigenvalue weighted by molar-refractivity contribution is -0.128. The van der Waals surface area contributed by atoms with E-state index in [2.05, 4.69) is 0 Å². The Morgan fingerprint density at radius 3 is 2.40 bits per heavy atom. The minimum absolute atomic E-state index is 0.0192. The van der Waals surface area contributed by atoms with E-state index in [1.165, 1.54) is 6.42 Å². The maximum Gasteiger partial charge on any atom is 0.250 e. The Morgan fingerprint density at radius 2 is 1.72 bits per heavy atom. The number of primary amides is 1. The first-order valence-electron chi connectivity index (χ1n) is 8.26. The summed E-state index contributed by atoms with van der Waals surface area (Å²) in [5.41, 5.74) is 6.19. The lowest BCUT2D eigenvalue weighted by Crippen LogP contribution is -2.41. The van der Waals surface area contributed by atoms with E-state index >= 15 is 0 Å². The number of carbonyl (C=O) groups excluding carboxylic acids is 2. The van der Waals surface area contributed by atoms with Crippen molar-refractivity contribution in [2.75, 3.05) is 13.1 Å². The Morgan fingerprint density at radius 1 is 1.04 bits per heavy atom. The van der Waals surface area contributed by atoms with Crippen LogP contribution in [0, 0.1) is 6.42 Å². The van der Waals surface area contributed by atoms with E-state index in [1.807, 2.05) is 6.07 Å². The summed E-state index contributed by atoms with van der Waals surface area (Å²) in [4.78, 5) is 37.6. The molecule has 3 rings (SSSR count). The third-order valence-electron chi connectivity index (χ3n) is 4.53. The van der Waals surface area contributed by atoms with Crippen molar-refractivity contribution in [2.45, 2.75) is 18.9 Å². The number of pyridine rings is 1. The number of piperidine rings is 1. The van der Waals surface area contributed by atoms with Gasteiger partial charge in [-0.3, -0.25) is 14.4 Å². The first-order valence-corrected chi connectivity index (χ1v) is 8.26. The normalized spacial score (nSPS) is 15.1. The number of carbonyl (C=O) groups is 2. The van der Waals surface area contributed by atoms with Crippen LogP contribution in [0.5, 0.6) is 0 Å². The summed E-state index contributed by atoms with van der Waals surface area (Å²) >= 11 is 0. The van der Waals surface area contributed by atoms with Gasteiger partial charge < -0.3 is 15.2 Å². The summed E-state index contributed by atoms with van der Waals surface area (Å²) < 4.78 is 1.73. The molecule has 1 aromatic heterocycles. The summed E-state index contributed by atoms with van der Waals surface area (Å²) in [7, 11) is 0. The van der Waals surface area contributed by atoms with E-state index in [0.29, 0.717) is 24.2 Å². The molecule has 2 aromatic rings. The van der Waals surface area contributed by atoms with Gasteiger partial charge in [-0.15, -0.1) is 0 Å². The van der Waals surface area contributed by atoms with Crippen LogP contribution < -0.4 is 11.3 Å². The van der Waals surface area contributed by atoms with E-state index in [9.17, 15) is 14.4 Å². The fourth-order valence-electron chi connectivity index (χ4n) is 3.18. The quantitative estimate of drug-likeness (QED) is 0.913. The molecule has 2 heterocycles. The molecule has 0 atom stereocenters. The Hall–Kier alpha value is -2.89. The fraction of sp³-hybridized carbons (Fsp3) is 0.263. The standard InChI is InChI=1S/C19H20N3O3/c20-19(25)16-6-2-1-5-14(16)13-18(24)21-11-8-15(9-12-21)22-10-4-3-7-17(22)23/h1-7,10,13,15H,8-9,11-12H2,(H2,20,25). The first kappa shape index (κ1) is 17.0. The van der Waals surface area contributed by atoms with Crippen molar-refractivity contribution in [3.63, 3.8) is 0 Å². The van der Waals surface area contributed by atoms with Gasteiger partial charge >= 0.3 is 0 Å². The van der Waals surface area contributed by atoms with E-state index in [4.69, 9.17) is 5.73 Å². The Kier molecular flexibility index (Phi) is 4.97. The van der Waals surface area contributed by atoms with Crippen LogP contribution in [0.2, 0.25) is 0 Å². The SMILES string of the molecule is NC(=O)c1ccccc1[CH]C(=O)N1CCC(n2ccccc2=O)CC1. The fourth-order valence-corrected chi connectivity index (χ4v) is 3.18. The number of amides is 2. The molecule has 1 aliphatic heterocycles. The molecule has 0 spiro atoms. The van der Waals surface area contributed by atoms with Gasteiger partial charge in [-0.1, -0.05) is 24.3 Å². The van der Waals surface area contributed by atoms with Crippen molar-refractivity contribution in [3.8, 4) is 0 Å². The highest BCUT2D eigenvalue weighted by molar-refractivity contribution is 5.98. The lowest BCUT2D eigenvalue weighted by atomic mass is 10.0. The van der Waals surface area contributed by atoms with Crippen LogP contribution in [0.1, 0.15) is 34.8 Å². The molecule has 0 saturated carbocycles. The monoisotopic (exact) mass is 338 g/mol. The van der Waals surface area contributed by atoms with Gasteiger partial charge in [-0.2, -0.15) is 0 Å². The topological polar surface area (TPSA) is 85.4 Å². The van der Waals surface area contributed by atoms with E-state index in [1.54, 1.807) is 52.1 Å². The Balaban J connectivity index is 1.64. The van der Waals surface area contributed by atoms with Gasteiger partial charge in [0.15, 0.2) is 0 Å². The highest BCUT2D eigenvalue weighted by Gasteiger charge is 2.25. The van der Waals surface area contributed by atoms with E-state index < -0.39 is 5.91 Å². The molecule has 25 heavy (non-hydrogen) atoms. The van der Waals surface area contributed by atoms with Gasteiger partial charge in [0.1, 0.15) is 0 Å². The highest BCUT2D eigenvalue weighted by atomic mass is 16.2. The van der Waals surface area contributed by atoms with Crippen LogP contribution in [0.4, 0.5) is 0 Å². The minimum atomic E-state index is -0.554. The molecular formula is C19H20N3O3. The second kappa shape index (κ2) is 7.34. The van der Waals surface area contributed by atoms with Crippen LogP contribution in [-0.4, -0.2) is 34.4 Å². The lowest BCUT2D eigenvalue weighted by Gasteiger charge is -2.33. The predicted molar refractivity (Wildman–Crippen MR) is 93.9 cm³/mol. The zero-order valence-electron chi connectivity index (χ0n) is 13.8. The highest BCUT2D eigenvalue weighted by Crippen LogP contribution is 2.22. The van der Waals surface area contributed by atoms with Gasteiger partial charge in [-0.25, -0.2) is 0 Å². The molecule has 0 aliphatic carbocycles. The number of hydrogen-bond donors (Lipinski definition) is 1. The second-order valence-corrected chi connectivity index (χ2v) is 6.10. The van der Waals surface area contributed by atoms with Crippen molar-refractivity contribution < 1.29 is 9.59 Å². The molecule has 1 radical (unpaired) electrons. The molecule has 1 fully saturated rings. The van der Waals surface area contributed by atoms with Gasteiger partial charge in [0, 0.05) is 37.0 Å². The van der Waals surface area contributed by atoms with Crippen molar-refractivity contribution in [2.24, 2.45) is 5.73 Å². The van der Waals surface area contributed by atoms with Gasteiger partial charge in [-0.05, 0) is 30.5 Å². The smallest absolute Gasteiger partial charge is 0.250 e. The van der Waals surface area contributed by atoms with Crippen LogP contribution >= 0.6 is 0 Å². The number of likely N-dealkylation sites (tertiary alicyclic amines) is 1. The van der Waals surface area contributed by atoms with Crippen molar-refractivity contribution >= 4 is 11.8 Å². The van der Waals surface area contributed by atoms with Gasteiger partial charge in [0.2, 0.25) is 11.8 Å². The maximum atomic E-state index is 12.5. The number of nitrogens with two attached hydrogens (primary N) is 1. The number of rotatable bonds is 4. The third-order valence-corrected chi connectivity index (χ3v) is 4.53. The summed E-state index contributed by atoms with van der Waals surface area (Å²) in [5, 5.41) is 0. The van der Waals surface area contributed by atoms with Crippen LogP contribution in [-0.2, 0) is 4.79 Å². The number of nitrogens with zero attached hydrogens (tertiary/aromatic N) is 2. The zero-order valence-corrected chi connectivity index (χ0v) is 13.8. The molecular weight excluding hydrogens is 318 g/mol. The molecule has 1 saturated heterocycles. The average molecular weight is 338 g/mol. The van der Waals surface area contributed by atoms with Gasteiger partial charge in [0.25, 0.3) is 5.56 Å². The van der Waals surface area contributed by atoms with Crippen LogP contribution in [0.3, 0.4) is 0 Å². The van der Waals surface area contributed by atoms with Crippen LogP contribution in [0.25, 0.3) is 0 Å². The molecule has 6 nitrogen and oxygen atoms in total. The van der Waals surface area contributed by atoms with E-state index in [-0.39, 0.29) is 17.5 Å². The molecule has 129 valence electrons. The van der Waals surface area contributed by atoms with Crippen molar-refractivity contribution in [1.82, 2.24) is 9.47 Å². The number of benzene rings is 1. The maximum absolute atomic E-state index is 12.5. The Bertz CT molecular complexity index is 836. The summed E-state index contributed by atoms with van der Waals surface area (Å²) in [5.74, 6) is -0.700. The zero-order chi connectivity index (χ0) is 17.8. The van der Waals surface area contributed by atoms with Crippen molar-refractivity contribution in [3.05, 3.63) is 76.6 Å². The van der Waals surface area contributed by atoms with Crippen molar-refractivity contribution in [1.29, 1.82) is 0 Å². The third kappa shape index (κ3) is 3.79. The molecule has 2 N–H and O–H groups in total. The van der Waals surface area contributed by atoms with E-state index in [0.717, 1.165) is 12.8 Å². The molecule has 1 aromatic carbocycles. The summed E-state index contributed by atoms with van der Waals surface area (Å²) in [6, 6.07) is 12.0. The average Bonchev–Trinajstić information content (AvgIpc) is 2.62. The van der Waals surface area contributed by atoms with Crippen LogP contribution in [0.15, 0.2) is 53.5 Å². The second-order valence-electron chi connectivity index (χ2n) is 6.10. The molecule has 0 unspecified atom stereocenters. The number of hydrogen-bond acceptors (Lipinski definition) is 3. The molecule has 0 bridgehead atoms. The first-order chi connectivity index (χ1) is 12.1. The summed E-state index contributed by atoms with van der Waals surface area (Å²) in [6.07, 6.45) is 4.69. The number of aromatic nitrogens is 1. The summed E-state index contributed by atoms with van der Waals surface area (Å²) in [6.45, 7) is 1.14. The molecule has 1 aliphatic rings. The van der Waals surface area contributed by atoms with Gasteiger partial charge in [0.05, 0.1) is 6.42 Å². The Labute approximate surface area is 145 Å². The molecule has 6 heteroatoms. The predicted octanol–water partition coefficient (Wildman–Crippen LogP) is 1.36. The molecule has 2 amide bonds. The largest absolute Gasteiger partial charge is 0.366 e. The minimum Gasteiger partial charge on any atom is -0.366 e.